The average Bonchev–Trinajstić information content (AvgIpc) is 3.63. The summed E-state index contributed by atoms with van der Waals surface area (Å²) in [7, 11) is 1.61. The Morgan fingerprint density at radius 1 is 1.00 bits per heavy atom. The molecular formula is C28H26N6O4. The lowest BCUT2D eigenvalue weighted by molar-refractivity contribution is 0.0997. The van der Waals surface area contributed by atoms with Gasteiger partial charge in [0.1, 0.15) is 23.2 Å². The highest BCUT2D eigenvalue weighted by molar-refractivity contribution is 6.02. The molecule has 10 heteroatoms. The molecule has 3 N–H and O–H groups in total. The summed E-state index contributed by atoms with van der Waals surface area (Å²) < 4.78 is 12.8. The number of nitrogens with zero attached hydrogens (tertiary/aromatic N) is 4. The number of aromatic nitrogens is 4. The van der Waals surface area contributed by atoms with E-state index in [9.17, 15) is 9.90 Å². The summed E-state index contributed by atoms with van der Waals surface area (Å²) in [4.78, 5) is 25.9. The van der Waals surface area contributed by atoms with E-state index in [1.165, 1.54) is 0 Å². The Bertz CT molecular complexity index is 1520. The van der Waals surface area contributed by atoms with E-state index in [0.717, 1.165) is 16.9 Å². The number of imidazole rings is 1. The second kappa shape index (κ2) is 11.0. The van der Waals surface area contributed by atoms with E-state index in [4.69, 9.17) is 9.15 Å². The zero-order valence-corrected chi connectivity index (χ0v) is 20.8. The minimum absolute atomic E-state index is 0.208. The monoisotopic (exact) mass is 510 g/mol. The number of aliphatic hydroxyl groups is 1. The molecule has 0 aliphatic carbocycles. The molecule has 1 amide bonds. The van der Waals surface area contributed by atoms with Gasteiger partial charge in [-0.15, -0.1) is 0 Å². The molecule has 1 atom stereocenters. The van der Waals surface area contributed by atoms with Gasteiger partial charge in [0.15, 0.2) is 5.76 Å². The number of hydrogen-bond donors (Lipinski definition) is 3. The third-order valence-electron chi connectivity index (χ3n) is 5.69. The molecule has 192 valence electrons. The van der Waals surface area contributed by atoms with Crippen LogP contribution in [-0.4, -0.2) is 50.3 Å². The summed E-state index contributed by atoms with van der Waals surface area (Å²) in [6.45, 7) is 2.03. The minimum atomic E-state index is -0.520. The number of rotatable bonds is 9. The van der Waals surface area contributed by atoms with Crippen LogP contribution in [0, 0.1) is 0 Å². The fourth-order valence-electron chi connectivity index (χ4n) is 3.78. The van der Waals surface area contributed by atoms with Gasteiger partial charge in [0.2, 0.25) is 5.95 Å². The number of hydrogen-bond acceptors (Lipinski definition) is 8. The molecule has 2 aromatic carbocycles. The average molecular weight is 511 g/mol. The van der Waals surface area contributed by atoms with Crippen LogP contribution in [0.5, 0.6) is 5.75 Å². The number of benzene rings is 2. The number of carbonyl (C=O) groups excluding carboxylic acids is 1. The first-order valence-corrected chi connectivity index (χ1v) is 11.9. The maximum atomic E-state index is 12.8. The van der Waals surface area contributed by atoms with Gasteiger partial charge >= 0.3 is 0 Å². The van der Waals surface area contributed by atoms with Crippen molar-refractivity contribution in [3.05, 3.63) is 91.1 Å². The van der Waals surface area contributed by atoms with Gasteiger partial charge in [-0.25, -0.2) is 9.97 Å². The minimum Gasteiger partial charge on any atom is -0.497 e. The van der Waals surface area contributed by atoms with Gasteiger partial charge in [0, 0.05) is 41.9 Å². The molecule has 5 rings (SSSR count). The lowest BCUT2D eigenvalue weighted by atomic mass is 10.2. The van der Waals surface area contributed by atoms with E-state index in [-0.39, 0.29) is 11.7 Å². The number of ether oxygens (including phenoxy) is 1. The Morgan fingerprint density at radius 3 is 2.50 bits per heavy atom. The van der Waals surface area contributed by atoms with E-state index >= 15 is 0 Å². The normalized spacial score (nSPS) is 11.7. The van der Waals surface area contributed by atoms with Gasteiger partial charge in [-0.3, -0.25) is 9.36 Å². The summed E-state index contributed by atoms with van der Waals surface area (Å²) in [6, 6.07) is 19.9. The highest BCUT2D eigenvalue weighted by Gasteiger charge is 2.14. The van der Waals surface area contributed by atoms with Gasteiger partial charge in [-0.1, -0.05) is 0 Å². The van der Waals surface area contributed by atoms with Crippen molar-refractivity contribution < 1.29 is 19.1 Å². The van der Waals surface area contributed by atoms with E-state index in [1.807, 2.05) is 47.2 Å². The molecule has 0 fully saturated rings. The lowest BCUT2D eigenvalue weighted by Crippen LogP contribution is -2.17. The second-order valence-corrected chi connectivity index (χ2v) is 8.51. The number of nitrogens with one attached hydrogen (secondary N) is 2. The maximum Gasteiger partial charge on any atom is 0.291 e. The van der Waals surface area contributed by atoms with Crippen molar-refractivity contribution in [3.8, 4) is 34.3 Å². The molecule has 0 spiro atoms. The van der Waals surface area contributed by atoms with Crippen molar-refractivity contribution in [1.82, 2.24) is 19.5 Å². The topological polar surface area (TPSA) is 127 Å². The van der Waals surface area contributed by atoms with Crippen molar-refractivity contribution in [2.75, 3.05) is 24.3 Å². The molecule has 5 aromatic rings. The molecule has 38 heavy (non-hydrogen) atoms. The van der Waals surface area contributed by atoms with Crippen LogP contribution in [0.4, 0.5) is 11.6 Å². The zero-order valence-electron chi connectivity index (χ0n) is 20.8. The fourth-order valence-corrected chi connectivity index (χ4v) is 3.78. The zero-order chi connectivity index (χ0) is 26.5. The summed E-state index contributed by atoms with van der Waals surface area (Å²) in [5, 5.41) is 15.4. The molecule has 3 aromatic heterocycles. The predicted octanol–water partition coefficient (Wildman–Crippen LogP) is 4.64. The molecule has 0 saturated carbocycles. The van der Waals surface area contributed by atoms with Gasteiger partial charge in [0.05, 0.1) is 13.2 Å². The molecular weight excluding hydrogens is 484 g/mol. The first-order chi connectivity index (χ1) is 18.5. The van der Waals surface area contributed by atoms with Crippen molar-refractivity contribution in [1.29, 1.82) is 0 Å². The molecule has 0 saturated heterocycles. The smallest absolute Gasteiger partial charge is 0.291 e. The van der Waals surface area contributed by atoms with E-state index in [2.05, 4.69) is 25.6 Å². The summed E-state index contributed by atoms with van der Waals surface area (Å²) >= 11 is 0. The van der Waals surface area contributed by atoms with Crippen molar-refractivity contribution in [2.45, 2.75) is 13.0 Å². The second-order valence-electron chi connectivity index (χ2n) is 8.51. The van der Waals surface area contributed by atoms with Crippen LogP contribution in [0.3, 0.4) is 0 Å². The quantitative estimate of drug-likeness (QED) is 0.262. The molecule has 10 nitrogen and oxygen atoms in total. The highest BCUT2D eigenvalue weighted by Crippen LogP contribution is 2.26. The Morgan fingerprint density at radius 2 is 1.76 bits per heavy atom. The number of amides is 1. The van der Waals surface area contributed by atoms with Crippen molar-refractivity contribution in [2.24, 2.45) is 0 Å². The summed E-state index contributed by atoms with van der Waals surface area (Å²) in [5.74, 6) is 2.91. The van der Waals surface area contributed by atoms with Crippen LogP contribution in [0.15, 0.2) is 89.7 Å². The van der Waals surface area contributed by atoms with Crippen LogP contribution < -0.4 is 15.4 Å². The van der Waals surface area contributed by atoms with E-state index < -0.39 is 6.10 Å². The van der Waals surface area contributed by atoms with Crippen LogP contribution >= 0.6 is 0 Å². The third-order valence-corrected chi connectivity index (χ3v) is 5.69. The lowest BCUT2D eigenvalue weighted by Gasteiger charge is -2.11. The van der Waals surface area contributed by atoms with E-state index in [0.29, 0.717) is 35.6 Å². The largest absolute Gasteiger partial charge is 0.497 e. The number of furan rings is 1. The van der Waals surface area contributed by atoms with Gasteiger partial charge < -0.3 is 24.9 Å². The Kier molecular flexibility index (Phi) is 7.14. The Hall–Kier alpha value is -4.96. The fraction of sp³-hybridized carbons (Fsp3) is 0.143. The first kappa shape index (κ1) is 24.7. The van der Waals surface area contributed by atoms with Crippen molar-refractivity contribution >= 4 is 17.5 Å². The summed E-state index contributed by atoms with van der Waals surface area (Å²) in [5.41, 5.74) is 2.30. The Balaban J connectivity index is 1.28. The van der Waals surface area contributed by atoms with Gasteiger partial charge in [0.25, 0.3) is 5.91 Å². The van der Waals surface area contributed by atoms with E-state index in [1.54, 1.807) is 56.8 Å². The van der Waals surface area contributed by atoms with Crippen LogP contribution in [0.2, 0.25) is 0 Å². The van der Waals surface area contributed by atoms with Gasteiger partial charge in [-0.05, 0) is 73.7 Å². The number of carbonyl (C=O) groups is 1. The molecule has 0 aliphatic rings. The molecule has 0 aliphatic heterocycles. The Labute approximate surface area is 219 Å². The summed E-state index contributed by atoms with van der Waals surface area (Å²) in [6.07, 6.45) is 4.62. The van der Waals surface area contributed by atoms with Crippen LogP contribution in [0.25, 0.3) is 28.5 Å². The first-order valence-electron chi connectivity index (χ1n) is 11.9. The molecule has 0 radical (unpaired) electrons. The van der Waals surface area contributed by atoms with Crippen molar-refractivity contribution in [3.63, 3.8) is 0 Å². The molecule has 0 unspecified atom stereocenters. The van der Waals surface area contributed by atoms with Crippen LogP contribution in [0.1, 0.15) is 17.5 Å². The highest BCUT2D eigenvalue weighted by atomic mass is 16.5. The third kappa shape index (κ3) is 5.55. The standard InChI is InChI=1S/C28H26N6O4/c1-18(35)17-31-28-30-14-13-25(33-28)34-16-15-29-26(34)20-3-7-21(8-4-20)32-27(36)24-12-11-23(38-24)19-5-9-22(37-2)10-6-19/h3-16,18,35H,17H2,1-2H3,(H,32,36)(H,30,31,33)/t18-/m0/s1. The number of anilines is 2. The number of aliphatic hydroxyl groups excluding tert-OH is 1. The maximum absolute atomic E-state index is 12.8. The SMILES string of the molecule is COc1ccc(-c2ccc(C(=O)Nc3ccc(-c4nccn4-c4ccnc(NC[C@H](C)O)n4)cc3)o2)cc1. The predicted molar refractivity (Wildman–Crippen MR) is 143 cm³/mol. The van der Waals surface area contributed by atoms with Gasteiger partial charge in [-0.2, -0.15) is 4.98 Å². The molecule has 0 bridgehead atoms. The molecule has 3 heterocycles. The van der Waals surface area contributed by atoms with Crippen LogP contribution in [-0.2, 0) is 0 Å². The number of methoxy groups -OCH3 is 1.